The summed E-state index contributed by atoms with van der Waals surface area (Å²) in [5.41, 5.74) is 2.95. The zero-order valence-corrected chi connectivity index (χ0v) is 13.8. The summed E-state index contributed by atoms with van der Waals surface area (Å²) < 4.78 is 5.63. The fraction of sp³-hybridized carbons (Fsp3) is 0.294. The first-order valence-electron chi connectivity index (χ1n) is 7.01. The molecule has 1 N–H and O–H groups in total. The minimum Gasteiger partial charge on any atom is -0.494 e. The molecule has 0 radical (unpaired) electrons. The monoisotopic (exact) mass is 323 g/mol. The first-order valence-corrected chi connectivity index (χ1v) is 7.77. The molecular weight excluding hydrogens is 305 g/mol. The van der Waals surface area contributed by atoms with Gasteiger partial charge in [-0.1, -0.05) is 42.3 Å². The summed E-state index contributed by atoms with van der Waals surface area (Å²) in [5, 5.41) is 4.69. The van der Waals surface area contributed by atoms with Crippen molar-refractivity contribution < 1.29 is 4.74 Å². The molecule has 0 bridgehead atoms. The topological polar surface area (TPSA) is 21.3 Å². The smallest absolute Gasteiger partial charge is 0.119 e. The number of hydrogen-bond acceptors (Lipinski definition) is 2. The van der Waals surface area contributed by atoms with Gasteiger partial charge in [0.25, 0.3) is 0 Å². The van der Waals surface area contributed by atoms with E-state index in [1.54, 1.807) is 0 Å². The quantitative estimate of drug-likeness (QED) is 0.735. The van der Waals surface area contributed by atoms with E-state index in [0.29, 0.717) is 16.6 Å². The highest BCUT2D eigenvalue weighted by atomic mass is 35.5. The van der Waals surface area contributed by atoms with Crippen LogP contribution in [0.3, 0.4) is 0 Å². The minimum absolute atomic E-state index is 0.669. The number of anilines is 1. The van der Waals surface area contributed by atoms with Crippen molar-refractivity contribution in [2.45, 2.75) is 26.8 Å². The highest BCUT2D eigenvalue weighted by Gasteiger charge is 2.05. The fourth-order valence-corrected chi connectivity index (χ4v) is 2.39. The van der Waals surface area contributed by atoms with Crippen molar-refractivity contribution >= 4 is 28.9 Å². The number of rotatable bonds is 6. The van der Waals surface area contributed by atoms with Crippen molar-refractivity contribution in [3.63, 3.8) is 0 Å². The van der Waals surface area contributed by atoms with E-state index in [9.17, 15) is 0 Å². The summed E-state index contributed by atoms with van der Waals surface area (Å²) in [5.74, 6) is 0.893. The molecule has 2 rings (SSSR count). The lowest BCUT2D eigenvalue weighted by molar-refractivity contribution is 0.317. The van der Waals surface area contributed by atoms with Gasteiger partial charge in [0.1, 0.15) is 5.75 Å². The highest BCUT2D eigenvalue weighted by Crippen LogP contribution is 2.29. The van der Waals surface area contributed by atoms with Crippen LogP contribution < -0.4 is 10.1 Å². The van der Waals surface area contributed by atoms with Gasteiger partial charge in [0.2, 0.25) is 0 Å². The molecule has 0 amide bonds. The van der Waals surface area contributed by atoms with Crippen molar-refractivity contribution in [1.29, 1.82) is 0 Å². The molecule has 4 heteroatoms. The van der Waals surface area contributed by atoms with Gasteiger partial charge in [-0.05, 0) is 48.7 Å². The van der Waals surface area contributed by atoms with Crippen LogP contribution >= 0.6 is 23.2 Å². The summed E-state index contributed by atoms with van der Waals surface area (Å²) in [6.07, 6.45) is 1.000. The van der Waals surface area contributed by atoms with Crippen LogP contribution in [0.2, 0.25) is 10.0 Å². The number of hydrogen-bond donors (Lipinski definition) is 1. The van der Waals surface area contributed by atoms with Gasteiger partial charge in [-0.15, -0.1) is 0 Å². The third-order valence-corrected chi connectivity index (χ3v) is 3.82. The predicted molar refractivity (Wildman–Crippen MR) is 90.8 cm³/mol. The van der Waals surface area contributed by atoms with Crippen LogP contribution in [0.4, 0.5) is 5.69 Å². The van der Waals surface area contributed by atoms with Crippen LogP contribution in [-0.2, 0) is 6.54 Å². The van der Waals surface area contributed by atoms with E-state index in [-0.39, 0.29) is 0 Å². The summed E-state index contributed by atoms with van der Waals surface area (Å²) in [7, 11) is 0. The van der Waals surface area contributed by atoms with Crippen molar-refractivity contribution in [2.24, 2.45) is 0 Å². The van der Waals surface area contributed by atoms with E-state index in [1.165, 1.54) is 0 Å². The molecule has 0 fully saturated rings. The predicted octanol–water partition coefficient (Wildman–Crippen LogP) is 5.70. The zero-order valence-electron chi connectivity index (χ0n) is 12.2. The number of halogens is 2. The van der Waals surface area contributed by atoms with Gasteiger partial charge in [0.05, 0.1) is 17.3 Å². The average Bonchev–Trinajstić information content (AvgIpc) is 2.48. The normalized spacial score (nSPS) is 10.5. The van der Waals surface area contributed by atoms with Crippen LogP contribution in [-0.4, -0.2) is 6.61 Å². The largest absolute Gasteiger partial charge is 0.494 e. The van der Waals surface area contributed by atoms with E-state index in [1.807, 2.05) is 37.3 Å². The molecule has 21 heavy (non-hydrogen) atoms. The van der Waals surface area contributed by atoms with Gasteiger partial charge in [0, 0.05) is 11.6 Å². The first kappa shape index (κ1) is 16.0. The lowest BCUT2D eigenvalue weighted by Gasteiger charge is -2.11. The molecule has 0 aliphatic rings. The number of aryl methyl sites for hydroxylation is 1. The van der Waals surface area contributed by atoms with Gasteiger partial charge >= 0.3 is 0 Å². The van der Waals surface area contributed by atoms with E-state index in [2.05, 4.69) is 18.3 Å². The lowest BCUT2D eigenvalue weighted by Crippen LogP contribution is -2.01. The third-order valence-electron chi connectivity index (χ3n) is 3.10. The molecule has 0 saturated carbocycles. The Balaban J connectivity index is 2.04. The van der Waals surface area contributed by atoms with Gasteiger partial charge < -0.3 is 10.1 Å². The van der Waals surface area contributed by atoms with Gasteiger partial charge in [-0.3, -0.25) is 0 Å². The van der Waals surface area contributed by atoms with Crippen LogP contribution in [0, 0.1) is 6.92 Å². The Bertz CT molecular complexity index is 614. The Morgan fingerprint density at radius 3 is 2.67 bits per heavy atom. The van der Waals surface area contributed by atoms with Crippen LogP contribution in [0.15, 0.2) is 36.4 Å². The molecule has 0 saturated heterocycles. The molecular formula is C17H19Cl2NO. The third kappa shape index (κ3) is 4.55. The first-order chi connectivity index (χ1) is 10.1. The van der Waals surface area contributed by atoms with Crippen molar-refractivity contribution in [1.82, 2.24) is 0 Å². The summed E-state index contributed by atoms with van der Waals surface area (Å²) in [4.78, 5) is 0. The second-order valence-electron chi connectivity index (χ2n) is 4.93. The van der Waals surface area contributed by atoms with Gasteiger partial charge in [-0.2, -0.15) is 0 Å². The van der Waals surface area contributed by atoms with Crippen molar-refractivity contribution in [2.75, 3.05) is 11.9 Å². The molecule has 2 aromatic carbocycles. The molecule has 0 heterocycles. The summed E-state index contributed by atoms with van der Waals surface area (Å²) >= 11 is 12.4. The Morgan fingerprint density at radius 2 is 1.90 bits per heavy atom. The minimum atomic E-state index is 0.669. The Labute approximate surface area is 136 Å². The van der Waals surface area contributed by atoms with E-state index in [0.717, 1.165) is 35.6 Å². The van der Waals surface area contributed by atoms with Crippen molar-refractivity contribution in [3.8, 4) is 5.75 Å². The molecule has 0 atom stereocenters. The second kappa shape index (κ2) is 7.58. The number of benzene rings is 2. The highest BCUT2D eigenvalue weighted by molar-refractivity contribution is 6.35. The molecule has 0 aliphatic heterocycles. The number of nitrogens with one attached hydrogen (secondary N) is 1. The summed E-state index contributed by atoms with van der Waals surface area (Å²) in [6, 6.07) is 11.8. The molecule has 0 spiro atoms. The Kier molecular flexibility index (Phi) is 5.77. The van der Waals surface area contributed by atoms with E-state index < -0.39 is 0 Å². The Hall–Kier alpha value is -1.38. The Morgan fingerprint density at radius 1 is 1.10 bits per heavy atom. The van der Waals surface area contributed by atoms with Gasteiger partial charge in [-0.25, -0.2) is 0 Å². The van der Waals surface area contributed by atoms with E-state index >= 15 is 0 Å². The molecule has 0 unspecified atom stereocenters. The molecule has 0 aromatic heterocycles. The number of ether oxygens (including phenoxy) is 1. The fourth-order valence-electron chi connectivity index (χ4n) is 1.94. The second-order valence-corrected chi connectivity index (χ2v) is 5.75. The maximum absolute atomic E-state index is 6.22. The van der Waals surface area contributed by atoms with Crippen LogP contribution in [0.1, 0.15) is 24.5 Å². The summed E-state index contributed by atoms with van der Waals surface area (Å²) in [6.45, 7) is 5.43. The van der Waals surface area contributed by atoms with Crippen LogP contribution in [0.25, 0.3) is 0 Å². The molecule has 2 aromatic rings. The maximum Gasteiger partial charge on any atom is 0.119 e. The van der Waals surface area contributed by atoms with Gasteiger partial charge in [0.15, 0.2) is 0 Å². The van der Waals surface area contributed by atoms with Crippen molar-refractivity contribution in [3.05, 3.63) is 57.6 Å². The molecule has 0 aliphatic carbocycles. The van der Waals surface area contributed by atoms with Crippen LogP contribution in [0.5, 0.6) is 5.75 Å². The molecule has 2 nitrogen and oxygen atoms in total. The van der Waals surface area contributed by atoms with E-state index in [4.69, 9.17) is 27.9 Å². The average molecular weight is 324 g/mol. The SMILES string of the molecule is CCCOc1cccc(CNc2cc(Cl)c(C)cc2Cl)c1. The molecule has 112 valence electrons. The maximum atomic E-state index is 6.22. The standard InChI is InChI=1S/C17H19Cl2NO/c1-3-7-21-14-6-4-5-13(9-14)11-20-17-10-15(18)12(2)8-16(17)19/h4-6,8-10,20H,3,7,11H2,1-2H3. The zero-order chi connectivity index (χ0) is 15.2. The lowest BCUT2D eigenvalue weighted by atomic mass is 10.2.